The van der Waals surface area contributed by atoms with E-state index in [1.165, 1.54) is 6.92 Å². The minimum absolute atomic E-state index is 0.0205. The Labute approximate surface area is 258 Å². The van der Waals surface area contributed by atoms with Gasteiger partial charge in [0.25, 0.3) is 5.91 Å². The second-order valence-corrected chi connectivity index (χ2v) is 12.9. The van der Waals surface area contributed by atoms with E-state index in [2.05, 4.69) is 29.8 Å². The molecule has 3 atom stereocenters. The van der Waals surface area contributed by atoms with Gasteiger partial charge in [-0.3, -0.25) is 14.4 Å². The summed E-state index contributed by atoms with van der Waals surface area (Å²) in [6.07, 6.45) is 4.72. The van der Waals surface area contributed by atoms with Gasteiger partial charge in [-0.25, -0.2) is 0 Å². The SMILES string of the molecule is COCCCCOc1ccccc1C(=O)NCC(CC(N)C(O)CNC(=O)C(C)(C)C1CCC(NC(C)=O)CC1)C(C)C. The van der Waals surface area contributed by atoms with Gasteiger partial charge < -0.3 is 36.3 Å². The van der Waals surface area contributed by atoms with Crippen molar-refractivity contribution in [3.05, 3.63) is 29.8 Å². The van der Waals surface area contributed by atoms with Crippen molar-refractivity contribution < 1.29 is 29.0 Å². The standard InChI is InChI=1S/C33H56N4O6/c1-22(2)24(20-35-31(40)27-11-7-8-12-30(27)43-18-10-9-17-42-6)19-28(34)29(39)21-36-32(41)33(4,5)25-13-15-26(16-14-25)37-23(3)38/h7-8,11-12,22,24-26,28-29,39H,9-10,13-21,34H2,1-6H3,(H,35,40)(H,36,41)(H,37,38). The minimum Gasteiger partial charge on any atom is -0.493 e. The summed E-state index contributed by atoms with van der Waals surface area (Å²) in [4.78, 5) is 37.6. The highest BCUT2D eigenvalue weighted by molar-refractivity contribution is 5.96. The number of carbonyl (C=O) groups excluding carboxylic acids is 3. The molecule has 0 bridgehead atoms. The molecule has 0 saturated heterocycles. The number of hydrogen-bond donors (Lipinski definition) is 5. The molecule has 0 heterocycles. The van der Waals surface area contributed by atoms with Crippen LogP contribution in [0, 0.1) is 23.2 Å². The lowest BCUT2D eigenvalue weighted by molar-refractivity contribution is -0.133. The molecule has 0 aromatic heterocycles. The summed E-state index contributed by atoms with van der Waals surface area (Å²) in [6.45, 7) is 11.2. The number of methoxy groups -OCH3 is 1. The molecule has 43 heavy (non-hydrogen) atoms. The zero-order valence-corrected chi connectivity index (χ0v) is 27.1. The molecule has 1 aliphatic rings. The average molecular weight is 605 g/mol. The highest BCUT2D eigenvalue weighted by atomic mass is 16.5. The van der Waals surface area contributed by atoms with Crippen LogP contribution in [-0.4, -0.2) is 74.4 Å². The molecule has 3 amide bonds. The first kappa shape index (κ1) is 36.5. The fourth-order valence-corrected chi connectivity index (χ4v) is 5.74. The van der Waals surface area contributed by atoms with E-state index in [9.17, 15) is 19.5 Å². The average Bonchev–Trinajstić information content (AvgIpc) is 2.97. The maximum absolute atomic E-state index is 13.1. The number of unbranched alkanes of at least 4 members (excludes halogenated alkanes) is 1. The second kappa shape index (κ2) is 18.2. The van der Waals surface area contributed by atoms with Gasteiger partial charge in [0.05, 0.1) is 18.3 Å². The van der Waals surface area contributed by atoms with Gasteiger partial charge >= 0.3 is 0 Å². The molecule has 10 heteroatoms. The molecule has 6 N–H and O–H groups in total. The van der Waals surface area contributed by atoms with Gasteiger partial charge in [0.1, 0.15) is 5.75 Å². The molecule has 0 spiro atoms. The van der Waals surface area contributed by atoms with E-state index in [-0.39, 0.29) is 48.1 Å². The van der Waals surface area contributed by atoms with Crippen molar-refractivity contribution in [2.45, 2.75) is 97.8 Å². The summed E-state index contributed by atoms with van der Waals surface area (Å²) < 4.78 is 10.9. The fraction of sp³-hybridized carbons (Fsp3) is 0.727. The molecule has 1 aromatic rings. The quantitative estimate of drug-likeness (QED) is 0.161. The van der Waals surface area contributed by atoms with E-state index in [4.69, 9.17) is 15.2 Å². The third-order valence-electron chi connectivity index (χ3n) is 8.88. The summed E-state index contributed by atoms with van der Waals surface area (Å²) in [7, 11) is 1.67. The lowest BCUT2D eigenvalue weighted by atomic mass is 9.69. The Balaban J connectivity index is 1.84. The first-order chi connectivity index (χ1) is 20.4. The summed E-state index contributed by atoms with van der Waals surface area (Å²) in [5.74, 6) is 0.650. The topological polar surface area (TPSA) is 152 Å². The zero-order chi connectivity index (χ0) is 32.0. The number of carbonyl (C=O) groups is 3. The Morgan fingerprint density at radius 3 is 2.30 bits per heavy atom. The maximum atomic E-state index is 13.1. The molecule has 1 fully saturated rings. The number of benzene rings is 1. The fourth-order valence-electron chi connectivity index (χ4n) is 5.74. The van der Waals surface area contributed by atoms with Crippen LogP contribution in [0.15, 0.2) is 24.3 Å². The molecule has 1 aliphatic carbocycles. The Hall–Kier alpha value is -2.69. The van der Waals surface area contributed by atoms with Crippen molar-refractivity contribution in [3.8, 4) is 5.75 Å². The van der Waals surface area contributed by atoms with Crippen LogP contribution >= 0.6 is 0 Å². The van der Waals surface area contributed by atoms with Crippen LogP contribution in [-0.2, 0) is 14.3 Å². The van der Waals surface area contributed by atoms with E-state index in [0.29, 0.717) is 37.5 Å². The molecular formula is C33H56N4O6. The molecular weight excluding hydrogens is 548 g/mol. The Morgan fingerprint density at radius 1 is 1.02 bits per heavy atom. The third kappa shape index (κ3) is 12.1. The van der Waals surface area contributed by atoms with E-state index in [0.717, 1.165) is 38.5 Å². The number of ether oxygens (including phenoxy) is 2. The van der Waals surface area contributed by atoms with Gasteiger partial charge in [-0.15, -0.1) is 0 Å². The van der Waals surface area contributed by atoms with E-state index < -0.39 is 17.6 Å². The van der Waals surface area contributed by atoms with Crippen molar-refractivity contribution >= 4 is 17.7 Å². The van der Waals surface area contributed by atoms with E-state index in [1.807, 2.05) is 26.0 Å². The van der Waals surface area contributed by atoms with E-state index in [1.54, 1.807) is 19.2 Å². The third-order valence-corrected chi connectivity index (χ3v) is 8.88. The lowest BCUT2D eigenvalue weighted by Gasteiger charge is -2.38. The molecule has 1 saturated carbocycles. The van der Waals surface area contributed by atoms with Gasteiger partial charge in [0, 0.05) is 51.2 Å². The minimum atomic E-state index is -0.917. The van der Waals surface area contributed by atoms with Crippen LogP contribution in [0.5, 0.6) is 5.75 Å². The van der Waals surface area contributed by atoms with Crippen molar-refractivity contribution in [2.24, 2.45) is 28.9 Å². The van der Waals surface area contributed by atoms with Gasteiger partial charge in [0.15, 0.2) is 0 Å². The van der Waals surface area contributed by atoms with Gasteiger partial charge in [-0.2, -0.15) is 0 Å². The monoisotopic (exact) mass is 604 g/mol. The van der Waals surface area contributed by atoms with Crippen LogP contribution < -0.4 is 26.4 Å². The number of rotatable bonds is 18. The highest BCUT2D eigenvalue weighted by Crippen LogP contribution is 2.38. The predicted molar refractivity (Wildman–Crippen MR) is 169 cm³/mol. The normalized spacial score (nSPS) is 19.3. The molecule has 1 aromatic carbocycles. The van der Waals surface area contributed by atoms with Gasteiger partial charge in [0.2, 0.25) is 11.8 Å². The van der Waals surface area contributed by atoms with Crippen molar-refractivity contribution in [1.82, 2.24) is 16.0 Å². The molecule has 2 rings (SSSR count). The van der Waals surface area contributed by atoms with Gasteiger partial charge in [-0.1, -0.05) is 39.8 Å². The summed E-state index contributed by atoms with van der Waals surface area (Å²) in [5.41, 5.74) is 6.29. The van der Waals surface area contributed by atoms with Crippen molar-refractivity contribution in [1.29, 1.82) is 0 Å². The summed E-state index contributed by atoms with van der Waals surface area (Å²) >= 11 is 0. The summed E-state index contributed by atoms with van der Waals surface area (Å²) in [5, 5.41) is 19.8. The largest absolute Gasteiger partial charge is 0.493 e. The predicted octanol–water partition coefficient (Wildman–Crippen LogP) is 3.41. The van der Waals surface area contributed by atoms with Crippen LogP contribution in [0.2, 0.25) is 0 Å². The van der Waals surface area contributed by atoms with Gasteiger partial charge in [-0.05, 0) is 74.8 Å². The Morgan fingerprint density at radius 2 is 1.67 bits per heavy atom. The summed E-state index contributed by atoms with van der Waals surface area (Å²) in [6, 6.07) is 6.80. The smallest absolute Gasteiger partial charge is 0.255 e. The lowest BCUT2D eigenvalue weighted by Crippen LogP contribution is -2.50. The zero-order valence-electron chi connectivity index (χ0n) is 27.1. The number of para-hydroxylation sites is 1. The first-order valence-electron chi connectivity index (χ1n) is 15.8. The molecule has 10 nitrogen and oxygen atoms in total. The molecule has 3 unspecified atom stereocenters. The van der Waals surface area contributed by atoms with Crippen molar-refractivity contribution in [2.75, 3.05) is 33.4 Å². The number of amides is 3. The van der Waals surface area contributed by atoms with Crippen LogP contribution in [0.4, 0.5) is 0 Å². The number of nitrogens with one attached hydrogen (secondary N) is 3. The Bertz CT molecular complexity index is 1010. The highest BCUT2D eigenvalue weighted by Gasteiger charge is 2.39. The Kier molecular flexibility index (Phi) is 15.4. The number of nitrogens with two attached hydrogens (primary N) is 1. The second-order valence-electron chi connectivity index (χ2n) is 12.9. The van der Waals surface area contributed by atoms with Crippen LogP contribution in [0.3, 0.4) is 0 Å². The maximum Gasteiger partial charge on any atom is 0.255 e. The molecule has 0 radical (unpaired) electrons. The number of hydrogen-bond acceptors (Lipinski definition) is 7. The van der Waals surface area contributed by atoms with Crippen LogP contribution in [0.1, 0.15) is 89.9 Å². The first-order valence-corrected chi connectivity index (χ1v) is 15.8. The molecule has 244 valence electrons. The van der Waals surface area contributed by atoms with E-state index >= 15 is 0 Å². The van der Waals surface area contributed by atoms with Crippen LogP contribution in [0.25, 0.3) is 0 Å². The number of aliphatic hydroxyl groups is 1. The number of aliphatic hydroxyl groups excluding tert-OH is 1. The van der Waals surface area contributed by atoms with Crippen molar-refractivity contribution in [3.63, 3.8) is 0 Å². The molecule has 0 aliphatic heterocycles.